The Bertz CT molecular complexity index is 344. The van der Waals surface area contributed by atoms with Crippen LogP contribution in [0.2, 0.25) is 0 Å². The van der Waals surface area contributed by atoms with Crippen molar-refractivity contribution in [1.82, 2.24) is 15.9 Å². The highest BCUT2D eigenvalue weighted by molar-refractivity contribution is 5.84. The number of likely N-dealkylation sites (N-methyl/N-ethyl adjacent to an activating group) is 1. The number of amides is 2. The lowest BCUT2D eigenvalue weighted by Crippen LogP contribution is -2.51. The van der Waals surface area contributed by atoms with Crippen LogP contribution in [0.25, 0.3) is 0 Å². The van der Waals surface area contributed by atoms with Gasteiger partial charge in [-0.1, -0.05) is 0 Å². The molecule has 1 aliphatic carbocycles. The van der Waals surface area contributed by atoms with Crippen molar-refractivity contribution in [2.75, 3.05) is 13.7 Å². The van der Waals surface area contributed by atoms with Crippen LogP contribution in [0.15, 0.2) is 0 Å². The molecule has 1 saturated carbocycles. The zero-order valence-electron chi connectivity index (χ0n) is 11.2. The molecule has 1 fully saturated rings. The topological polar surface area (TPSA) is 128 Å². The molecule has 8 heteroatoms. The molecule has 1 aliphatic rings. The summed E-state index contributed by atoms with van der Waals surface area (Å²) < 4.78 is 0. The summed E-state index contributed by atoms with van der Waals surface area (Å²) in [6, 6.07) is -1.24. The number of nitrogens with zero attached hydrogens (tertiary/aromatic N) is 1. The molecular weight excluding hydrogens is 252 g/mol. The highest BCUT2D eigenvalue weighted by Gasteiger charge is 2.52. The van der Waals surface area contributed by atoms with Crippen LogP contribution >= 0.6 is 0 Å². The van der Waals surface area contributed by atoms with E-state index in [1.807, 2.05) is 0 Å². The van der Waals surface area contributed by atoms with Gasteiger partial charge < -0.3 is 16.0 Å². The number of nitrogens with one attached hydrogen (secondary N) is 2. The van der Waals surface area contributed by atoms with Gasteiger partial charge in [0.25, 0.3) is 5.91 Å². The first-order valence-electron chi connectivity index (χ1n) is 6.17. The fourth-order valence-electron chi connectivity index (χ4n) is 2.32. The summed E-state index contributed by atoms with van der Waals surface area (Å²) in [6.07, 6.45) is 1.93. The van der Waals surface area contributed by atoms with E-state index in [0.29, 0.717) is 6.42 Å². The van der Waals surface area contributed by atoms with E-state index in [9.17, 15) is 19.9 Å². The van der Waals surface area contributed by atoms with Crippen LogP contribution in [0, 0.1) is 5.41 Å². The molecule has 0 heterocycles. The van der Waals surface area contributed by atoms with E-state index in [4.69, 9.17) is 5.73 Å². The minimum absolute atomic E-state index is 0.201. The Morgan fingerprint density at radius 2 is 2.00 bits per heavy atom. The van der Waals surface area contributed by atoms with Crippen LogP contribution in [0.3, 0.4) is 0 Å². The lowest BCUT2D eigenvalue weighted by Gasteiger charge is -2.31. The van der Waals surface area contributed by atoms with Crippen LogP contribution < -0.4 is 16.6 Å². The summed E-state index contributed by atoms with van der Waals surface area (Å²) in [7, 11) is 1.46. The highest BCUT2D eigenvalue weighted by Crippen LogP contribution is 2.53. The molecule has 19 heavy (non-hydrogen) atoms. The summed E-state index contributed by atoms with van der Waals surface area (Å²) in [5, 5.41) is 19.8. The number of aliphatic hydroxyl groups excluding tert-OH is 1. The number of carbonyl (C=O) groups is 2. The molecule has 1 rings (SSSR count). The Balaban J connectivity index is 2.53. The Kier molecular flexibility index (Phi) is 5.24. The number of aliphatic hydroxyl groups is 1. The third-order valence-corrected chi connectivity index (χ3v) is 3.55. The number of hydrogen-bond donors (Lipinski definition) is 5. The molecule has 2 atom stereocenters. The average molecular weight is 274 g/mol. The maximum absolute atomic E-state index is 11.6. The SMILES string of the molecule is CC(=O)NNC(=O)[C@@H](N)CC1([C@H](CO)N(C)O)CC1. The summed E-state index contributed by atoms with van der Waals surface area (Å²) in [4.78, 5) is 22.3. The zero-order valence-corrected chi connectivity index (χ0v) is 11.2. The summed E-state index contributed by atoms with van der Waals surface area (Å²) in [5.74, 6) is -0.872. The monoisotopic (exact) mass is 274 g/mol. The standard InChI is InChI=1S/C11H22N4O4/c1-7(17)13-14-10(18)8(12)5-11(3-4-11)9(6-16)15(2)19/h8-9,16,19H,3-6,12H2,1-2H3,(H,13,17)(H,14,18)/t8-,9-/m0/s1. The number of nitrogens with two attached hydrogens (primary N) is 1. The van der Waals surface area contributed by atoms with Crippen molar-refractivity contribution >= 4 is 11.8 Å². The second-order valence-electron chi connectivity index (χ2n) is 5.12. The lowest BCUT2D eigenvalue weighted by atomic mass is 9.89. The molecule has 0 bridgehead atoms. The highest BCUT2D eigenvalue weighted by atomic mass is 16.5. The van der Waals surface area contributed by atoms with Crippen molar-refractivity contribution in [3.63, 3.8) is 0 Å². The number of hydrogen-bond acceptors (Lipinski definition) is 6. The van der Waals surface area contributed by atoms with E-state index in [1.54, 1.807) is 0 Å². The molecule has 0 spiro atoms. The first-order chi connectivity index (χ1) is 8.82. The van der Waals surface area contributed by atoms with E-state index < -0.39 is 18.0 Å². The number of hydrazine groups is 1. The molecule has 2 amide bonds. The second-order valence-corrected chi connectivity index (χ2v) is 5.12. The normalized spacial score (nSPS) is 19.7. The lowest BCUT2D eigenvalue weighted by molar-refractivity contribution is -0.140. The third kappa shape index (κ3) is 4.13. The van der Waals surface area contributed by atoms with Gasteiger partial charge in [0.2, 0.25) is 5.91 Å². The van der Waals surface area contributed by atoms with Gasteiger partial charge in [-0.15, -0.1) is 0 Å². The van der Waals surface area contributed by atoms with E-state index in [-0.39, 0.29) is 17.9 Å². The molecular formula is C11H22N4O4. The predicted octanol–water partition coefficient (Wildman–Crippen LogP) is -1.67. The fraction of sp³-hybridized carbons (Fsp3) is 0.818. The van der Waals surface area contributed by atoms with E-state index in [1.165, 1.54) is 14.0 Å². The second kappa shape index (κ2) is 6.29. The largest absolute Gasteiger partial charge is 0.395 e. The zero-order chi connectivity index (χ0) is 14.6. The minimum Gasteiger partial charge on any atom is -0.395 e. The fourth-order valence-corrected chi connectivity index (χ4v) is 2.32. The van der Waals surface area contributed by atoms with Crippen LogP contribution in [-0.4, -0.2) is 52.9 Å². The van der Waals surface area contributed by atoms with E-state index in [2.05, 4.69) is 10.9 Å². The van der Waals surface area contributed by atoms with Crippen molar-refractivity contribution in [3.05, 3.63) is 0 Å². The van der Waals surface area contributed by atoms with Crippen molar-refractivity contribution in [1.29, 1.82) is 0 Å². The van der Waals surface area contributed by atoms with Crippen molar-refractivity contribution < 1.29 is 19.9 Å². The van der Waals surface area contributed by atoms with Gasteiger partial charge >= 0.3 is 0 Å². The first kappa shape index (κ1) is 15.8. The Morgan fingerprint density at radius 3 is 2.37 bits per heavy atom. The predicted molar refractivity (Wildman–Crippen MR) is 66.6 cm³/mol. The summed E-state index contributed by atoms with van der Waals surface area (Å²) in [6.45, 7) is 1.07. The van der Waals surface area contributed by atoms with E-state index >= 15 is 0 Å². The van der Waals surface area contributed by atoms with Crippen LogP contribution in [0.1, 0.15) is 26.2 Å². The molecule has 0 unspecified atom stereocenters. The Hall–Kier alpha value is -1.22. The number of carbonyl (C=O) groups excluding carboxylic acids is 2. The first-order valence-corrected chi connectivity index (χ1v) is 6.17. The summed E-state index contributed by atoms with van der Waals surface area (Å²) in [5.41, 5.74) is 9.82. The van der Waals surface area contributed by atoms with Gasteiger partial charge in [0.05, 0.1) is 18.7 Å². The van der Waals surface area contributed by atoms with Gasteiger partial charge in [0.15, 0.2) is 0 Å². The van der Waals surface area contributed by atoms with Crippen molar-refractivity contribution in [2.24, 2.45) is 11.1 Å². The molecule has 0 saturated heterocycles. The average Bonchev–Trinajstić information content (AvgIpc) is 3.06. The molecule has 6 N–H and O–H groups in total. The van der Waals surface area contributed by atoms with Crippen molar-refractivity contribution in [3.8, 4) is 0 Å². The van der Waals surface area contributed by atoms with Gasteiger partial charge in [-0.25, -0.2) is 0 Å². The molecule has 0 aromatic heterocycles. The molecule has 0 radical (unpaired) electrons. The smallest absolute Gasteiger partial charge is 0.255 e. The molecule has 8 nitrogen and oxygen atoms in total. The maximum Gasteiger partial charge on any atom is 0.255 e. The van der Waals surface area contributed by atoms with E-state index in [0.717, 1.165) is 17.9 Å². The number of hydroxylamine groups is 2. The molecule has 0 aromatic carbocycles. The molecule has 0 aromatic rings. The van der Waals surface area contributed by atoms with Gasteiger partial charge in [-0.2, -0.15) is 5.06 Å². The van der Waals surface area contributed by atoms with Gasteiger partial charge in [0, 0.05) is 14.0 Å². The van der Waals surface area contributed by atoms with Crippen molar-refractivity contribution in [2.45, 2.75) is 38.3 Å². The molecule has 0 aliphatic heterocycles. The summed E-state index contributed by atoms with van der Waals surface area (Å²) >= 11 is 0. The third-order valence-electron chi connectivity index (χ3n) is 3.55. The van der Waals surface area contributed by atoms with Gasteiger partial charge in [-0.05, 0) is 24.7 Å². The number of rotatable bonds is 6. The Labute approximate surface area is 111 Å². The Morgan fingerprint density at radius 1 is 1.42 bits per heavy atom. The quantitative estimate of drug-likeness (QED) is 0.369. The van der Waals surface area contributed by atoms with Gasteiger partial charge in [0.1, 0.15) is 0 Å². The molecule has 110 valence electrons. The minimum atomic E-state index is -0.802. The van der Waals surface area contributed by atoms with Crippen LogP contribution in [0.4, 0.5) is 0 Å². The van der Waals surface area contributed by atoms with Crippen LogP contribution in [0.5, 0.6) is 0 Å². The van der Waals surface area contributed by atoms with Gasteiger partial charge in [-0.3, -0.25) is 20.4 Å². The maximum atomic E-state index is 11.6. The van der Waals surface area contributed by atoms with Crippen LogP contribution in [-0.2, 0) is 9.59 Å².